The molecular weight excluding hydrogens is 468 g/mol. The average Bonchev–Trinajstić information content (AvgIpc) is 3.53. The van der Waals surface area contributed by atoms with Crippen LogP contribution in [0.15, 0.2) is 66.9 Å². The van der Waals surface area contributed by atoms with Crippen molar-refractivity contribution in [2.24, 2.45) is 0 Å². The third-order valence-corrected chi connectivity index (χ3v) is 7.30. The Balaban J connectivity index is 1.51. The van der Waals surface area contributed by atoms with Crippen molar-refractivity contribution >= 4 is 23.0 Å². The van der Waals surface area contributed by atoms with E-state index >= 15 is 0 Å². The van der Waals surface area contributed by atoms with Crippen molar-refractivity contribution in [3.05, 3.63) is 101 Å². The highest BCUT2D eigenvalue weighted by Gasteiger charge is 2.42. The van der Waals surface area contributed by atoms with Gasteiger partial charge in [-0.3, -0.25) is 4.98 Å². The fourth-order valence-electron chi connectivity index (χ4n) is 5.55. The molecule has 2 aromatic carbocycles. The first kappa shape index (κ1) is 22.6. The lowest BCUT2D eigenvalue weighted by atomic mass is 9.96. The summed E-state index contributed by atoms with van der Waals surface area (Å²) in [4.78, 5) is 6.95. The van der Waals surface area contributed by atoms with Crippen LogP contribution >= 0.6 is 12.2 Å². The average molecular weight is 497 g/mol. The number of aryl methyl sites for hydroxylation is 3. The third-order valence-electron chi connectivity index (χ3n) is 6.99. The van der Waals surface area contributed by atoms with Crippen LogP contribution in [-0.4, -0.2) is 21.5 Å². The number of nitrogens with zero attached hydrogens (tertiary/aromatic N) is 3. The fourth-order valence-corrected chi connectivity index (χ4v) is 5.89. The summed E-state index contributed by atoms with van der Waals surface area (Å²) in [7, 11) is 0. The lowest BCUT2D eigenvalue weighted by Crippen LogP contribution is -2.29. The number of benzene rings is 2. The van der Waals surface area contributed by atoms with Crippen LogP contribution in [-0.2, 0) is 0 Å². The van der Waals surface area contributed by atoms with Gasteiger partial charge < -0.3 is 24.3 Å². The molecule has 2 aliphatic heterocycles. The van der Waals surface area contributed by atoms with Gasteiger partial charge in [-0.05, 0) is 99.1 Å². The Morgan fingerprint density at radius 2 is 1.67 bits per heavy atom. The smallest absolute Gasteiger partial charge is 0.231 e. The number of aromatic nitrogens is 2. The molecule has 0 radical (unpaired) electrons. The van der Waals surface area contributed by atoms with E-state index < -0.39 is 0 Å². The molecule has 182 valence electrons. The van der Waals surface area contributed by atoms with Crippen LogP contribution in [0, 0.1) is 27.7 Å². The molecule has 2 aromatic heterocycles. The highest BCUT2D eigenvalue weighted by atomic mass is 32.1. The van der Waals surface area contributed by atoms with E-state index in [1.807, 2.05) is 30.5 Å². The second-order valence-electron chi connectivity index (χ2n) is 9.54. The molecule has 1 fully saturated rings. The van der Waals surface area contributed by atoms with Gasteiger partial charge in [-0.2, -0.15) is 0 Å². The molecule has 7 heteroatoms. The zero-order chi connectivity index (χ0) is 25.0. The van der Waals surface area contributed by atoms with Crippen molar-refractivity contribution in [2.45, 2.75) is 39.8 Å². The second kappa shape index (κ2) is 8.68. The Kier molecular flexibility index (Phi) is 5.45. The van der Waals surface area contributed by atoms with Crippen LogP contribution in [0.3, 0.4) is 0 Å². The molecule has 6 nitrogen and oxygen atoms in total. The van der Waals surface area contributed by atoms with Crippen LogP contribution in [0.2, 0.25) is 0 Å². The summed E-state index contributed by atoms with van der Waals surface area (Å²) < 4.78 is 13.5. The molecule has 0 amide bonds. The van der Waals surface area contributed by atoms with E-state index in [1.165, 1.54) is 16.7 Å². The van der Waals surface area contributed by atoms with Gasteiger partial charge in [0, 0.05) is 35.0 Å². The van der Waals surface area contributed by atoms with Crippen LogP contribution in [0.25, 0.3) is 5.69 Å². The SMILES string of the molecule is Cc1cc(C)cc(N2C(=S)N[C@@H](c3ccccn3)[C@@H]2c2cc(C)n(-c3ccc4c(c3)OCO4)c2C)c1. The first-order chi connectivity index (χ1) is 17.4. The normalized spacial score (nSPS) is 18.6. The molecule has 1 saturated heterocycles. The Morgan fingerprint density at radius 1 is 0.889 bits per heavy atom. The van der Waals surface area contributed by atoms with Crippen LogP contribution in [0.1, 0.15) is 45.9 Å². The van der Waals surface area contributed by atoms with Gasteiger partial charge in [0.25, 0.3) is 0 Å². The van der Waals surface area contributed by atoms with E-state index in [4.69, 9.17) is 26.7 Å². The highest BCUT2D eigenvalue weighted by molar-refractivity contribution is 7.80. The number of nitrogens with one attached hydrogen (secondary N) is 1. The number of hydrogen-bond acceptors (Lipinski definition) is 4. The van der Waals surface area contributed by atoms with Gasteiger partial charge in [0.05, 0.1) is 17.8 Å². The molecule has 0 bridgehead atoms. The maximum Gasteiger partial charge on any atom is 0.231 e. The predicted molar refractivity (Wildman–Crippen MR) is 145 cm³/mol. The predicted octanol–water partition coefficient (Wildman–Crippen LogP) is 6.01. The number of hydrogen-bond donors (Lipinski definition) is 1. The van der Waals surface area contributed by atoms with E-state index in [0.717, 1.165) is 40.0 Å². The minimum atomic E-state index is -0.0924. The monoisotopic (exact) mass is 496 g/mol. The summed E-state index contributed by atoms with van der Waals surface area (Å²) in [5, 5.41) is 4.29. The second-order valence-corrected chi connectivity index (χ2v) is 9.93. The summed E-state index contributed by atoms with van der Waals surface area (Å²) in [5.41, 5.74) is 8.99. The number of anilines is 1. The molecule has 2 aliphatic rings. The molecule has 0 unspecified atom stereocenters. The number of fused-ring (bicyclic) bond motifs is 1. The lowest BCUT2D eigenvalue weighted by Gasteiger charge is -2.29. The van der Waals surface area contributed by atoms with Crippen molar-refractivity contribution < 1.29 is 9.47 Å². The van der Waals surface area contributed by atoms with E-state index in [-0.39, 0.29) is 18.9 Å². The fraction of sp³-hybridized carbons (Fsp3) is 0.241. The molecule has 2 atom stereocenters. The molecule has 4 aromatic rings. The first-order valence-electron chi connectivity index (χ1n) is 12.1. The van der Waals surface area contributed by atoms with E-state index in [0.29, 0.717) is 5.11 Å². The number of pyridine rings is 1. The van der Waals surface area contributed by atoms with Gasteiger partial charge >= 0.3 is 0 Å². The van der Waals surface area contributed by atoms with Crippen molar-refractivity contribution in [3.8, 4) is 17.2 Å². The van der Waals surface area contributed by atoms with Crippen LogP contribution in [0.4, 0.5) is 5.69 Å². The molecule has 0 spiro atoms. The van der Waals surface area contributed by atoms with Gasteiger partial charge in [0.2, 0.25) is 6.79 Å². The van der Waals surface area contributed by atoms with Crippen LogP contribution < -0.4 is 19.7 Å². The van der Waals surface area contributed by atoms with E-state index in [2.05, 4.69) is 78.9 Å². The van der Waals surface area contributed by atoms with E-state index in [1.54, 1.807) is 0 Å². The van der Waals surface area contributed by atoms with Gasteiger partial charge in [0.1, 0.15) is 0 Å². The topological polar surface area (TPSA) is 51.6 Å². The summed E-state index contributed by atoms with van der Waals surface area (Å²) in [6.45, 7) is 8.82. The molecule has 0 saturated carbocycles. The number of ether oxygens (including phenoxy) is 2. The van der Waals surface area contributed by atoms with Crippen molar-refractivity contribution in [2.75, 3.05) is 11.7 Å². The van der Waals surface area contributed by atoms with E-state index in [9.17, 15) is 0 Å². The Morgan fingerprint density at radius 3 is 2.42 bits per heavy atom. The Bertz CT molecular complexity index is 1460. The Hall–Kier alpha value is -3.84. The molecule has 6 rings (SSSR count). The van der Waals surface area contributed by atoms with Crippen molar-refractivity contribution in [1.29, 1.82) is 0 Å². The number of thiocarbonyl (C=S) groups is 1. The number of rotatable bonds is 4. The van der Waals surface area contributed by atoms with Crippen LogP contribution in [0.5, 0.6) is 11.5 Å². The van der Waals surface area contributed by atoms with Crippen molar-refractivity contribution in [1.82, 2.24) is 14.9 Å². The van der Waals surface area contributed by atoms with Crippen molar-refractivity contribution in [3.63, 3.8) is 0 Å². The van der Waals surface area contributed by atoms with Gasteiger partial charge in [0.15, 0.2) is 16.6 Å². The molecule has 0 aliphatic carbocycles. The maximum atomic E-state index is 5.94. The minimum absolute atomic E-state index is 0.0671. The zero-order valence-electron chi connectivity index (χ0n) is 20.8. The molecule has 4 heterocycles. The van der Waals surface area contributed by atoms with Gasteiger partial charge in [-0.1, -0.05) is 12.1 Å². The minimum Gasteiger partial charge on any atom is -0.454 e. The van der Waals surface area contributed by atoms with Gasteiger partial charge in [-0.15, -0.1) is 0 Å². The summed E-state index contributed by atoms with van der Waals surface area (Å²) >= 11 is 5.94. The summed E-state index contributed by atoms with van der Waals surface area (Å²) in [5.74, 6) is 1.55. The van der Waals surface area contributed by atoms with Gasteiger partial charge in [-0.25, -0.2) is 0 Å². The molecular formula is C29H28N4O2S. The quantitative estimate of drug-likeness (QED) is 0.349. The zero-order valence-corrected chi connectivity index (χ0v) is 21.6. The summed E-state index contributed by atoms with van der Waals surface area (Å²) in [6.07, 6.45) is 1.84. The maximum absolute atomic E-state index is 5.94. The largest absolute Gasteiger partial charge is 0.454 e. The first-order valence-corrected chi connectivity index (χ1v) is 12.5. The molecule has 36 heavy (non-hydrogen) atoms. The lowest BCUT2D eigenvalue weighted by molar-refractivity contribution is 0.174. The third kappa shape index (κ3) is 3.71. The summed E-state index contributed by atoms with van der Waals surface area (Å²) in [6, 6.07) is 20.8. The molecule has 1 N–H and O–H groups in total. The highest BCUT2D eigenvalue weighted by Crippen LogP contribution is 2.44. The standard InChI is InChI=1S/C29H28N4O2S/c1-17-11-18(2)13-22(12-17)33-28(27(31-29(33)36)24-7-5-6-10-30-24)23-14-19(3)32(20(23)4)21-8-9-25-26(15-21)35-16-34-25/h5-15,27-28H,16H2,1-4H3,(H,31,36)/t27-,28-/m0/s1. The Labute approximate surface area is 216 Å².